The number of hydrogen-bond acceptors (Lipinski definition) is 7. The van der Waals surface area contributed by atoms with Gasteiger partial charge in [-0.3, -0.25) is 4.18 Å². The summed E-state index contributed by atoms with van der Waals surface area (Å²) >= 11 is 0. The molecular formula is C20H34O7S. The van der Waals surface area contributed by atoms with E-state index in [1.54, 1.807) is 12.1 Å². The fourth-order valence-electron chi connectivity index (χ4n) is 2.04. The molecule has 1 atom stereocenters. The van der Waals surface area contributed by atoms with Crippen molar-refractivity contribution in [3.63, 3.8) is 0 Å². The summed E-state index contributed by atoms with van der Waals surface area (Å²) in [7, 11) is -3.74. The summed E-state index contributed by atoms with van der Waals surface area (Å²) in [6, 6.07) is 6.51. The third kappa shape index (κ3) is 11.7. The SMILES string of the molecule is CCC(C)COCCOCCOCCOCCOS(=O)(=O)c1ccc(C)cc1. The average molecular weight is 419 g/mol. The van der Waals surface area contributed by atoms with Crippen LogP contribution in [0.5, 0.6) is 0 Å². The van der Waals surface area contributed by atoms with E-state index in [1.165, 1.54) is 12.1 Å². The molecule has 0 radical (unpaired) electrons. The Morgan fingerprint density at radius 2 is 1.25 bits per heavy atom. The van der Waals surface area contributed by atoms with E-state index in [9.17, 15) is 8.42 Å². The summed E-state index contributed by atoms with van der Waals surface area (Å²) < 4.78 is 50.4. The Hall–Kier alpha value is -1.03. The Balaban J connectivity index is 1.91. The molecule has 0 aliphatic heterocycles. The minimum Gasteiger partial charge on any atom is -0.379 e. The molecule has 1 unspecified atom stereocenters. The molecule has 0 aliphatic carbocycles. The van der Waals surface area contributed by atoms with E-state index in [4.69, 9.17) is 23.1 Å². The Labute approximate surface area is 169 Å². The van der Waals surface area contributed by atoms with Crippen LogP contribution in [0.25, 0.3) is 0 Å². The van der Waals surface area contributed by atoms with E-state index in [1.807, 2.05) is 6.92 Å². The zero-order valence-corrected chi connectivity index (χ0v) is 18.0. The predicted molar refractivity (Wildman–Crippen MR) is 107 cm³/mol. The van der Waals surface area contributed by atoms with Crippen LogP contribution in [0.3, 0.4) is 0 Å². The van der Waals surface area contributed by atoms with Gasteiger partial charge >= 0.3 is 0 Å². The second-order valence-electron chi connectivity index (χ2n) is 6.51. The molecule has 1 aromatic carbocycles. The van der Waals surface area contributed by atoms with Gasteiger partial charge in [-0.05, 0) is 25.0 Å². The van der Waals surface area contributed by atoms with Crippen LogP contribution in [0.15, 0.2) is 29.2 Å². The van der Waals surface area contributed by atoms with Gasteiger partial charge < -0.3 is 18.9 Å². The van der Waals surface area contributed by atoms with Gasteiger partial charge in [0.25, 0.3) is 10.1 Å². The second-order valence-corrected chi connectivity index (χ2v) is 8.13. The molecule has 0 saturated heterocycles. The number of hydrogen-bond donors (Lipinski definition) is 0. The van der Waals surface area contributed by atoms with Gasteiger partial charge in [0.1, 0.15) is 0 Å². The lowest BCUT2D eigenvalue weighted by Gasteiger charge is -2.10. The molecule has 0 saturated carbocycles. The Kier molecular flexibility index (Phi) is 13.3. The predicted octanol–water partition coefficient (Wildman–Crippen LogP) is 2.81. The van der Waals surface area contributed by atoms with Crippen molar-refractivity contribution in [3.05, 3.63) is 29.8 Å². The van der Waals surface area contributed by atoms with E-state index < -0.39 is 10.1 Å². The first-order valence-electron chi connectivity index (χ1n) is 9.72. The molecule has 162 valence electrons. The van der Waals surface area contributed by atoms with Gasteiger partial charge in [0, 0.05) is 6.61 Å². The maximum absolute atomic E-state index is 12.0. The van der Waals surface area contributed by atoms with Crippen LogP contribution in [-0.2, 0) is 33.2 Å². The van der Waals surface area contributed by atoms with E-state index in [0.29, 0.717) is 45.6 Å². The van der Waals surface area contributed by atoms with E-state index in [-0.39, 0.29) is 18.1 Å². The molecule has 0 spiro atoms. The molecule has 0 aliphatic rings. The van der Waals surface area contributed by atoms with Crippen LogP contribution in [-0.4, -0.2) is 67.9 Å². The highest BCUT2D eigenvalue weighted by molar-refractivity contribution is 7.86. The van der Waals surface area contributed by atoms with Crippen molar-refractivity contribution in [1.82, 2.24) is 0 Å². The quantitative estimate of drug-likeness (QED) is 0.284. The molecule has 0 amide bonds. The normalized spacial score (nSPS) is 13.0. The summed E-state index contributed by atoms with van der Waals surface area (Å²) in [4.78, 5) is 0.145. The second kappa shape index (κ2) is 14.9. The molecule has 1 rings (SSSR count). The lowest BCUT2D eigenvalue weighted by atomic mass is 10.1. The van der Waals surface area contributed by atoms with E-state index >= 15 is 0 Å². The molecular weight excluding hydrogens is 384 g/mol. The smallest absolute Gasteiger partial charge is 0.297 e. The lowest BCUT2D eigenvalue weighted by molar-refractivity contribution is -0.00752. The van der Waals surface area contributed by atoms with Crippen LogP contribution in [0.1, 0.15) is 25.8 Å². The zero-order chi connectivity index (χ0) is 20.7. The monoisotopic (exact) mass is 418 g/mol. The summed E-state index contributed by atoms with van der Waals surface area (Å²) in [5.41, 5.74) is 0.989. The third-order valence-corrected chi connectivity index (χ3v) is 5.32. The fourth-order valence-corrected chi connectivity index (χ4v) is 2.93. The summed E-state index contributed by atoms with van der Waals surface area (Å²) in [6.45, 7) is 10.0. The molecule has 0 fully saturated rings. The van der Waals surface area contributed by atoms with Crippen LogP contribution in [0, 0.1) is 12.8 Å². The van der Waals surface area contributed by atoms with E-state index in [2.05, 4.69) is 13.8 Å². The van der Waals surface area contributed by atoms with Gasteiger partial charge in [-0.2, -0.15) is 8.42 Å². The summed E-state index contributed by atoms with van der Waals surface area (Å²) in [5, 5.41) is 0. The summed E-state index contributed by atoms with van der Waals surface area (Å²) in [5.74, 6) is 0.580. The van der Waals surface area contributed by atoms with Crippen molar-refractivity contribution in [2.45, 2.75) is 32.1 Å². The Bertz CT molecular complexity index is 601. The zero-order valence-electron chi connectivity index (χ0n) is 17.2. The van der Waals surface area contributed by atoms with Crippen molar-refractivity contribution in [2.75, 3.05) is 59.5 Å². The molecule has 0 bridgehead atoms. The maximum Gasteiger partial charge on any atom is 0.297 e. The number of aryl methyl sites for hydroxylation is 1. The van der Waals surface area contributed by atoms with Crippen molar-refractivity contribution in [3.8, 4) is 0 Å². The van der Waals surface area contributed by atoms with Crippen LogP contribution in [0.2, 0.25) is 0 Å². The van der Waals surface area contributed by atoms with Gasteiger partial charge in [-0.15, -0.1) is 0 Å². The number of ether oxygens (including phenoxy) is 4. The molecule has 0 heterocycles. The Morgan fingerprint density at radius 3 is 1.75 bits per heavy atom. The van der Waals surface area contributed by atoms with Gasteiger partial charge in [-0.25, -0.2) is 0 Å². The van der Waals surface area contributed by atoms with Gasteiger partial charge in [-0.1, -0.05) is 38.0 Å². The van der Waals surface area contributed by atoms with Crippen LogP contribution in [0.4, 0.5) is 0 Å². The molecule has 8 heteroatoms. The summed E-state index contributed by atoms with van der Waals surface area (Å²) in [6.07, 6.45) is 1.12. The minimum atomic E-state index is -3.74. The maximum atomic E-state index is 12.0. The fraction of sp³-hybridized carbons (Fsp3) is 0.700. The van der Waals surface area contributed by atoms with Crippen LogP contribution < -0.4 is 0 Å². The molecule has 0 aromatic heterocycles. The first-order chi connectivity index (χ1) is 13.5. The molecule has 28 heavy (non-hydrogen) atoms. The number of benzene rings is 1. The molecule has 1 aromatic rings. The van der Waals surface area contributed by atoms with Crippen molar-refractivity contribution in [1.29, 1.82) is 0 Å². The largest absolute Gasteiger partial charge is 0.379 e. The van der Waals surface area contributed by atoms with Gasteiger partial charge in [0.2, 0.25) is 0 Å². The minimum absolute atomic E-state index is 0.0318. The first kappa shape index (κ1) is 25.0. The first-order valence-corrected chi connectivity index (χ1v) is 11.1. The van der Waals surface area contributed by atoms with E-state index in [0.717, 1.165) is 18.6 Å². The van der Waals surface area contributed by atoms with Crippen molar-refractivity contribution in [2.24, 2.45) is 5.92 Å². The third-order valence-electron chi connectivity index (χ3n) is 3.99. The van der Waals surface area contributed by atoms with Gasteiger partial charge in [0.15, 0.2) is 0 Å². The standard InChI is InChI=1S/C20H34O7S/c1-4-18(2)17-26-14-13-24-10-9-23-11-12-25-15-16-27-28(21,22)20-7-5-19(3)6-8-20/h5-8,18H,4,9-17H2,1-3H3. The lowest BCUT2D eigenvalue weighted by Crippen LogP contribution is -2.15. The average Bonchev–Trinajstić information content (AvgIpc) is 2.68. The highest BCUT2D eigenvalue weighted by atomic mass is 32.2. The molecule has 0 N–H and O–H groups in total. The molecule has 7 nitrogen and oxygen atoms in total. The van der Waals surface area contributed by atoms with Crippen molar-refractivity contribution >= 4 is 10.1 Å². The number of rotatable bonds is 17. The Morgan fingerprint density at radius 1 is 0.786 bits per heavy atom. The van der Waals surface area contributed by atoms with Crippen LogP contribution >= 0.6 is 0 Å². The highest BCUT2D eigenvalue weighted by Crippen LogP contribution is 2.12. The highest BCUT2D eigenvalue weighted by Gasteiger charge is 2.14. The van der Waals surface area contributed by atoms with Crippen molar-refractivity contribution < 1.29 is 31.5 Å². The van der Waals surface area contributed by atoms with Gasteiger partial charge in [0.05, 0.1) is 57.8 Å². The topological polar surface area (TPSA) is 80.3 Å².